The summed E-state index contributed by atoms with van der Waals surface area (Å²) >= 11 is 0. The molecule has 1 aromatic heterocycles. The van der Waals surface area contributed by atoms with Gasteiger partial charge in [0.2, 0.25) is 0 Å². The number of nitrogens with one attached hydrogen (secondary N) is 1. The highest BCUT2D eigenvalue weighted by Crippen LogP contribution is 2.02. The molecule has 0 fully saturated rings. The number of carbonyl (C=O) groups excluding carboxylic acids is 1. The highest BCUT2D eigenvalue weighted by atomic mass is 16.3. The summed E-state index contributed by atoms with van der Waals surface area (Å²) in [6, 6.07) is 0. The van der Waals surface area contributed by atoms with Crippen LogP contribution in [0, 0.1) is 5.92 Å². The maximum absolute atomic E-state index is 11.6. The number of nitrogens with zero attached hydrogens (tertiary/aromatic N) is 3. The van der Waals surface area contributed by atoms with Gasteiger partial charge in [-0.05, 0) is 19.3 Å². The van der Waals surface area contributed by atoms with Crippen LogP contribution >= 0.6 is 0 Å². The molecule has 0 aliphatic rings. The first-order valence-corrected chi connectivity index (χ1v) is 5.85. The Kier molecular flexibility index (Phi) is 5.09. The molecule has 1 aromatic rings. The van der Waals surface area contributed by atoms with Gasteiger partial charge in [-0.25, -0.2) is 0 Å². The molecule has 96 valence electrons. The van der Waals surface area contributed by atoms with E-state index in [1.54, 1.807) is 17.8 Å². The van der Waals surface area contributed by atoms with Crippen LogP contribution in [0.4, 0.5) is 0 Å². The Bertz CT molecular complexity index is 360. The topological polar surface area (TPSA) is 80.0 Å². The molecule has 0 radical (unpaired) electrons. The third-order valence-electron chi connectivity index (χ3n) is 2.26. The lowest BCUT2D eigenvalue weighted by molar-refractivity contribution is 0.0919. The van der Waals surface area contributed by atoms with Gasteiger partial charge < -0.3 is 10.4 Å². The number of aromatic nitrogens is 3. The zero-order chi connectivity index (χ0) is 12.8. The molecule has 2 N–H and O–H groups in total. The van der Waals surface area contributed by atoms with Crippen molar-refractivity contribution >= 4 is 5.91 Å². The molecule has 0 bridgehead atoms. The van der Waals surface area contributed by atoms with Gasteiger partial charge >= 0.3 is 0 Å². The molecule has 1 amide bonds. The molecule has 0 saturated carbocycles. The van der Waals surface area contributed by atoms with Crippen molar-refractivity contribution in [2.24, 2.45) is 5.92 Å². The van der Waals surface area contributed by atoms with Gasteiger partial charge in [-0.2, -0.15) is 0 Å². The number of aliphatic hydroxyl groups excluding tert-OH is 1. The number of amides is 1. The second-order valence-electron chi connectivity index (χ2n) is 4.61. The minimum atomic E-state index is -0.560. The van der Waals surface area contributed by atoms with Crippen LogP contribution in [-0.4, -0.2) is 38.7 Å². The zero-order valence-electron chi connectivity index (χ0n) is 10.6. The van der Waals surface area contributed by atoms with Gasteiger partial charge in [-0.15, -0.1) is 5.10 Å². The number of aryl methyl sites for hydroxylation is 1. The third kappa shape index (κ3) is 4.95. The van der Waals surface area contributed by atoms with E-state index in [2.05, 4.69) is 29.5 Å². The quantitative estimate of drug-likeness (QED) is 0.756. The van der Waals surface area contributed by atoms with E-state index in [1.807, 2.05) is 0 Å². The van der Waals surface area contributed by atoms with Crippen LogP contribution in [-0.2, 0) is 6.54 Å². The van der Waals surface area contributed by atoms with Gasteiger partial charge in [0.15, 0.2) is 5.69 Å². The number of carbonyl (C=O) groups is 1. The van der Waals surface area contributed by atoms with Crippen LogP contribution in [0.3, 0.4) is 0 Å². The summed E-state index contributed by atoms with van der Waals surface area (Å²) in [5.41, 5.74) is 0.286. The summed E-state index contributed by atoms with van der Waals surface area (Å²) in [4.78, 5) is 11.6. The van der Waals surface area contributed by atoms with Crippen molar-refractivity contribution < 1.29 is 9.90 Å². The van der Waals surface area contributed by atoms with E-state index in [9.17, 15) is 4.79 Å². The lowest BCUT2D eigenvalue weighted by atomic mass is 10.1. The third-order valence-corrected chi connectivity index (χ3v) is 2.26. The predicted molar refractivity (Wildman–Crippen MR) is 63.5 cm³/mol. The lowest BCUT2D eigenvalue weighted by Crippen LogP contribution is -2.30. The van der Waals surface area contributed by atoms with E-state index in [4.69, 9.17) is 5.11 Å². The molecular formula is C11H20N4O2. The van der Waals surface area contributed by atoms with E-state index in [0.29, 0.717) is 5.92 Å². The maximum Gasteiger partial charge on any atom is 0.273 e. The van der Waals surface area contributed by atoms with Gasteiger partial charge in [0, 0.05) is 13.1 Å². The highest BCUT2D eigenvalue weighted by Gasteiger charge is 2.11. The largest absolute Gasteiger partial charge is 0.392 e. The molecule has 0 saturated heterocycles. The maximum atomic E-state index is 11.6. The Balaban J connectivity index is 2.46. The second kappa shape index (κ2) is 6.34. The normalized spacial score (nSPS) is 12.8. The molecular weight excluding hydrogens is 220 g/mol. The Labute approximate surface area is 101 Å². The summed E-state index contributed by atoms with van der Waals surface area (Å²) in [5, 5.41) is 19.3. The number of rotatable bonds is 6. The molecule has 1 rings (SSSR count). The first-order chi connectivity index (χ1) is 7.99. The molecule has 0 aliphatic carbocycles. The van der Waals surface area contributed by atoms with E-state index < -0.39 is 6.10 Å². The first kappa shape index (κ1) is 13.6. The van der Waals surface area contributed by atoms with Crippen LogP contribution in [0.15, 0.2) is 6.20 Å². The van der Waals surface area contributed by atoms with E-state index in [-0.39, 0.29) is 18.1 Å². The SMILES string of the molecule is CC(C)CCn1cc(C(=O)NCC(C)O)nn1. The average Bonchev–Trinajstić information content (AvgIpc) is 2.71. The molecule has 1 atom stereocenters. The monoisotopic (exact) mass is 240 g/mol. The van der Waals surface area contributed by atoms with Gasteiger partial charge in [-0.3, -0.25) is 9.48 Å². The van der Waals surface area contributed by atoms with Crippen molar-refractivity contribution in [2.45, 2.75) is 39.8 Å². The number of hydrogen-bond acceptors (Lipinski definition) is 4. The Morgan fingerprint density at radius 1 is 1.53 bits per heavy atom. The predicted octanol–water partition coefficient (Wildman–Crippen LogP) is 0.435. The summed E-state index contributed by atoms with van der Waals surface area (Å²) < 4.78 is 1.66. The number of hydrogen-bond donors (Lipinski definition) is 2. The van der Waals surface area contributed by atoms with Crippen LogP contribution in [0.25, 0.3) is 0 Å². The molecule has 6 heteroatoms. The van der Waals surface area contributed by atoms with Crippen LogP contribution in [0.5, 0.6) is 0 Å². The van der Waals surface area contributed by atoms with E-state index >= 15 is 0 Å². The molecule has 1 heterocycles. The Morgan fingerprint density at radius 2 is 2.24 bits per heavy atom. The molecule has 0 spiro atoms. The molecule has 0 aromatic carbocycles. The highest BCUT2D eigenvalue weighted by molar-refractivity contribution is 5.91. The van der Waals surface area contributed by atoms with E-state index in [1.165, 1.54) is 0 Å². The average molecular weight is 240 g/mol. The molecule has 6 nitrogen and oxygen atoms in total. The van der Waals surface area contributed by atoms with E-state index in [0.717, 1.165) is 13.0 Å². The zero-order valence-corrected chi connectivity index (χ0v) is 10.6. The smallest absolute Gasteiger partial charge is 0.273 e. The standard InChI is InChI=1S/C11H20N4O2/c1-8(2)4-5-15-7-10(13-14-15)11(17)12-6-9(3)16/h7-9,16H,4-6H2,1-3H3,(H,12,17). The summed E-state index contributed by atoms with van der Waals surface area (Å²) in [7, 11) is 0. The Hall–Kier alpha value is -1.43. The van der Waals surface area contributed by atoms with Crippen molar-refractivity contribution in [3.63, 3.8) is 0 Å². The first-order valence-electron chi connectivity index (χ1n) is 5.85. The number of aliphatic hydroxyl groups is 1. The van der Waals surface area contributed by atoms with Crippen molar-refractivity contribution in [1.82, 2.24) is 20.3 Å². The lowest BCUT2D eigenvalue weighted by Gasteiger charge is -2.04. The Morgan fingerprint density at radius 3 is 2.82 bits per heavy atom. The van der Waals surface area contributed by atoms with Gasteiger partial charge in [0.25, 0.3) is 5.91 Å². The van der Waals surface area contributed by atoms with Gasteiger partial charge in [0.1, 0.15) is 0 Å². The second-order valence-corrected chi connectivity index (χ2v) is 4.61. The van der Waals surface area contributed by atoms with Crippen molar-refractivity contribution in [3.05, 3.63) is 11.9 Å². The van der Waals surface area contributed by atoms with Crippen molar-refractivity contribution in [2.75, 3.05) is 6.54 Å². The molecule has 0 aliphatic heterocycles. The fraction of sp³-hybridized carbons (Fsp3) is 0.727. The summed E-state index contributed by atoms with van der Waals surface area (Å²) in [5.74, 6) is 0.286. The van der Waals surface area contributed by atoms with Gasteiger partial charge in [0.05, 0.1) is 12.3 Å². The minimum absolute atomic E-state index is 0.220. The minimum Gasteiger partial charge on any atom is -0.392 e. The molecule has 17 heavy (non-hydrogen) atoms. The summed E-state index contributed by atoms with van der Waals surface area (Å²) in [6.45, 7) is 6.85. The van der Waals surface area contributed by atoms with Crippen molar-refractivity contribution in [3.8, 4) is 0 Å². The fourth-order valence-corrected chi connectivity index (χ4v) is 1.23. The van der Waals surface area contributed by atoms with Crippen molar-refractivity contribution in [1.29, 1.82) is 0 Å². The van der Waals surface area contributed by atoms with Crippen LogP contribution in [0.1, 0.15) is 37.7 Å². The van der Waals surface area contributed by atoms with Crippen LogP contribution < -0.4 is 5.32 Å². The molecule has 1 unspecified atom stereocenters. The van der Waals surface area contributed by atoms with Crippen LogP contribution in [0.2, 0.25) is 0 Å². The fourth-order valence-electron chi connectivity index (χ4n) is 1.23. The summed E-state index contributed by atoms with van der Waals surface area (Å²) in [6.07, 6.45) is 2.06. The van der Waals surface area contributed by atoms with Gasteiger partial charge in [-0.1, -0.05) is 19.1 Å².